The van der Waals surface area contributed by atoms with E-state index in [4.69, 9.17) is 4.74 Å². The number of carbonyl (C=O) groups is 2. The van der Waals surface area contributed by atoms with Crippen molar-refractivity contribution in [1.29, 1.82) is 0 Å². The van der Waals surface area contributed by atoms with Crippen molar-refractivity contribution in [2.24, 2.45) is 0 Å². The number of imidazole rings is 1. The highest BCUT2D eigenvalue weighted by Crippen LogP contribution is 2.20. The fraction of sp³-hybridized carbons (Fsp3) is 0.583. The second-order valence-corrected chi connectivity index (χ2v) is 4.46. The standard InChI is InChI=1S/C12H17N3O4/c1-2-3-19-6-11(16)15-5-9-8(13-7-14-9)4-10(15)12(17)18/h7,10H,2-6H2,1H3,(H,13,14)(H,17,18). The molecule has 0 radical (unpaired) electrons. The second-order valence-electron chi connectivity index (χ2n) is 4.46. The number of H-pyrrole nitrogens is 1. The van der Waals surface area contributed by atoms with Gasteiger partial charge < -0.3 is 19.7 Å². The summed E-state index contributed by atoms with van der Waals surface area (Å²) in [6.07, 6.45) is 2.57. The van der Waals surface area contributed by atoms with Gasteiger partial charge in [-0.15, -0.1) is 0 Å². The number of aromatic nitrogens is 2. The summed E-state index contributed by atoms with van der Waals surface area (Å²) in [5, 5.41) is 9.22. The predicted octanol–water partition coefficient (Wildman–Crippen LogP) is 0.174. The van der Waals surface area contributed by atoms with Crippen molar-refractivity contribution in [3.63, 3.8) is 0 Å². The Morgan fingerprint density at radius 2 is 2.42 bits per heavy atom. The maximum atomic E-state index is 12.0. The third kappa shape index (κ3) is 2.93. The molecule has 2 heterocycles. The zero-order chi connectivity index (χ0) is 13.8. The number of aliphatic carboxylic acids is 1. The van der Waals surface area contributed by atoms with Crippen LogP contribution in [-0.4, -0.2) is 51.1 Å². The number of rotatable bonds is 5. The summed E-state index contributed by atoms with van der Waals surface area (Å²) < 4.78 is 5.19. The molecule has 7 heteroatoms. The van der Waals surface area contributed by atoms with E-state index in [0.29, 0.717) is 12.3 Å². The van der Waals surface area contributed by atoms with Gasteiger partial charge in [0.05, 0.1) is 24.3 Å². The molecule has 1 aromatic heterocycles. The molecule has 104 valence electrons. The molecule has 0 saturated carbocycles. The largest absolute Gasteiger partial charge is 0.480 e. The number of nitrogens with zero attached hydrogens (tertiary/aromatic N) is 2. The van der Waals surface area contributed by atoms with Gasteiger partial charge in [-0.3, -0.25) is 4.79 Å². The van der Waals surface area contributed by atoms with Crippen molar-refractivity contribution in [2.75, 3.05) is 13.2 Å². The molecule has 1 aromatic rings. The fourth-order valence-corrected chi connectivity index (χ4v) is 2.11. The molecule has 1 unspecified atom stereocenters. The Bertz CT molecular complexity index is 471. The molecule has 0 fully saturated rings. The maximum Gasteiger partial charge on any atom is 0.326 e. The normalized spacial score (nSPS) is 18.2. The molecular formula is C12H17N3O4. The second kappa shape index (κ2) is 5.83. The lowest BCUT2D eigenvalue weighted by molar-refractivity contribution is -0.153. The molecule has 0 aliphatic carbocycles. The Kier molecular flexibility index (Phi) is 4.16. The van der Waals surface area contributed by atoms with Crippen LogP contribution in [0.25, 0.3) is 0 Å². The average molecular weight is 267 g/mol. The van der Waals surface area contributed by atoms with Gasteiger partial charge in [0.1, 0.15) is 12.6 Å². The van der Waals surface area contributed by atoms with E-state index >= 15 is 0 Å². The third-order valence-electron chi connectivity index (χ3n) is 3.08. The summed E-state index contributed by atoms with van der Waals surface area (Å²) in [4.78, 5) is 31.6. The van der Waals surface area contributed by atoms with E-state index in [0.717, 1.165) is 12.1 Å². The Morgan fingerprint density at radius 3 is 3.11 bits per heavy atom. The van der Waals surface area contributed by atoms with Crippen molar-refractivity contribution in [2.45, 2.75) is 32.4 Å². The van der Waals surface area contributed by atoms with Crippen LogP contribution in [-0.2, 0) is 27.3 Å². The molecule has 1 atom stereocenters. The number of aromatic amines is 1. The molecule has 1 aliphatic rings. The number of hydrogen-bond acceptors (Lipinski definition) is 4. The van der Waals surface area contributed by atoms with Gasteiger partial charge in [-0.2, -0.15) is 0 Å². The van der Waals surface area contributed by atoms with Gasteiger partial charge in [-0.05, 0) is 6.42 Å². The lowest BCUT2D eigenvalue weighted by atomic mass is 10.0. The summed E-state index contributed by atoms with van der Waals surface area (Å²) in [7, 11) is 0. The van der Waals surface area contributed by atoms with Crippen molar-refractivity contribution < 1.29 is 19.4 Å². The van der Waals surface area contributed by atoms with Gasteiger partial charge in [0.2, 0.25) is 5.91 Å². The van der Waals surface area contributed by atoms with Crippen LogP contribution in [0.15, 0.2) is 6.33 Å². The number of nitrogens with one attached hydrogen (secondary N) is 1. The first-order chi connectivity index (χ1) is 9.13. The number of amides is 1. The van der Waals surface area contributed by atoms with Crippen LogP contribution in [0.1, 0.15) is 24.7 Å². The lowest BCUT2D eigenvalue weighted by Gasteiger charge is -2.32. The number of hydrogen-bond donors (Lipinski definition) is 2. The molecule has 7 nitrogen and oxygen atoms in total. The molecule has 19 heavy (non-hydrogen) atoms. The minimum atomic E-state index is -1.02. The monoisotopic (exact) mass is 267 g/mol. The van der Waals surface area contributed by atoms with E-state index in [1.165, 1.54) is 11.2 Å². The molecule has 1 aliphatic heterocycles. The Morgan fingerprint density at radius 1 is 1.63 bits per heavy atom. The number of carboxylic acid groups (broad SMARTS) is 1. The first-order valence-corrected chi connectivity index (χ1v) is 6.24. The van der Waals surface area contributed by atoms with Crippen molar-refractivity contribution in [3.05, 3.63) is 17.7 Å². The SMILES string of the molecule is CCCOCC(=O)N1Cc2[nH]cnc2CC1C(=O)O. The number of ether oxygens (including phenoxy) is 1. The Hall–Kier alpha value is -1.89. The first-order valence-electron chi connectivity index (χ1n) is 6.24. The predicted molar refractivity (Wildman–Crippen MR) is 65.4 cm³/mol. The molecule has 2 rings (SSSR count). The van der Waals surface area contributed by atoms with E-state index in [-0.39, 0.29) is 25.5 Å². The van der Waals surface area contributed by atoms with Crippen LogP contribution in [0.4, 0.5) is 0 Å². The van der Waals surface area contributed by atoms with Gasteiger partial charge in [0.15, 0.2) is 0 Å². The molecule has 1 amide bonds. The third-order valence-corrected chi connectivity index (χ3v) is 3.08. The van der Waals surface area contributed by atoms with Crippen LogP contribution in [0.2, 0.25) is 0 Å². The summed E-state index contributed by atoms with van der Waals surface area (Å²) in [5.74, 6) is -1.32. The van der Waals surface area contributed by atoms with Crippen molar-refractivity contribution >= 4 is 11.9 Å². The molecule has 0 saturated heterocycles. The van der Waals surface area contributed by atoms with Crippen LogP contribution in [0.3, 0.4) is 0 Å². The van der Waals surface area contributed by atoms with Crippen molar-refractivity contribution in [3.8, 4) is 0 Å². The van der Waals surface area contributed by atoms with Gasteiger partial charge in [-0.1, -0.05) is 6.92 Å². The number of fused-ring (bicyclic) bond motifs is 1. The Balaban J connectivity index is 2.09. The fourth-order valence-electron chi connectivity index (χ4n) is 2.11. The summed E-state index contributed by atoms with van der Waals surface area (Å²) in [6, 6.07) is -0.867. The lowest BCUT2D eigenvalue weighted by Crippen LogP contribution is -2.50. The van der Waals surface area contributed by atoms with Crippen LogP contribution >= 0.6 is 0 Å². The zero-order valence-electron chi connectivity index (χ0n) is 10.8. The smallest absolute Gasteiger partial charge is 0.326 e. The van der Waals surface area contributed by atoms with E-state index < -0.39 is 12.0 Å². The minimum Gasteiger partial charge on any atom is -0.480 e. The molecular weight excluding hydrogens is 250 g/mol. The maximum absolute atomic E-state index is 12.0. The number of carboxylic acids is 1. The highest BCUT2D eigenvalue weighted by atomic mass is 16.5. The highest BCUT2D eigenvalue weighted by molar-refractivity contribution is 5.85. The summed E-state index contributed by atoms with van der Waals surface area (Å²) >= 11 is 0. The molecule has 0 aromatic carbocycles. The van der Waals surface area contributed by atoms with E-state index in [1.54, 1.807) is 0 Å². The quantitative estimate of drug-likeness (QED) is 0.742. The molecule has 0 bridgehead atoms. The Labute approximate surface area is 110 Å². The van der Waals surface area contributed by atoms with E-state index in [9.17, 15) is 14.7 Å². The zero-order valence-corrected chi connectivity index (χ0v) is 10.8. The summed E-state index contributed by atoms with van der Waals surface area (Å²) in [5.41, 5.74) is 1.51. The van der Waals surface area contributed by atoms with E-state index in [1.807, 2.05) is 6.92 Å². The van der Waals surface area contributed by atoms with Gasteiger partial charge in [0.25, 0.3) is 0 Å². The van der Waals surface area contributed by atoms with Gasteiger partial charge in [0, 0.05) is 13.0 Å². The van der Waals surface area contributed by atoms with Crippen molar-refractivity contribution in [1.82, 2.24) is 14.9 Å². The highest BCUT2D eigenvalue weighted by Gasteiger charge is 2.35. The average Bonchev–Trinajstić information content (AvgIpc) is 2.84. The molecule has 2 N–H and O–H groups in total. The van der Waals surface area contributed by atoms with Crippen LogP contribution in [0.5, 0.6) is 0 Å². The van der Waals surface area contributed by atoms with Crippen LogP contribution < -0.4 is 0 Å². The van der Waals surface area contributed by atoms with Gasteiger partial charge in [-0.25, -0.2) is 9.78 Å². The van der Waals surface area contributed by atoms with Crippen LogP contribution in [0, 0.1) is 0 Å². The number of carbonyl (C=O) groups excluding carboxylic acids is 1. The van der Waals surface area contributed by atoms with Gasteiger partial charge >= 0.3 is 5.97 Å². The first kappa shape index (κ1) is 13.5. The minimum absolute atomic E-state index is 0.0823. The molecule has 0 spiro atoms. The summed E-state index contributed by atoms with van der Waals surface area (Å²) in [6.45, 7) is 2.59. The van der Waals surface area contributed by atoms with E-state index in [2.05, 4.69) is 9.97 Å². The topological polar surface area (TPSA) is 95.5 Å².